The van der Waals surface area contributed by atoms with Gasteiger partial charge < -0.3 is 10.2 Å². The highest BCUT2D eigenvalue weighted by atomic mass is 16.2. The molecular weight excluding hydrogens is 252 g/mol. The fraction of sp³-hybridized carbons (Fsp3) is 0.500. The van der Waals surface area contributed by atoms with Crippen LogP contribution >= 0.6 is 0 Å². The lowest BCUT2D eigenvalue weighted by Crippen LogP contribution is -2.35. The molecule has 20 heavy (non-hydrogen) atoms. The summed E-state index contributed by atoms with van der Waals surface area (Å²) in [6.07, 6.45) is 2.52. The number of anilines is 1. The molecule has 0 bridgehead atoms. The van der Waals surface area contributed by atoms with Crippen LogP contribution in [-0.2, 0) is 9.59 Å². The third kappa shape index (κ3) is 3.59. The predicted molar refractivity (Wildman–Crippen MR) is 79.7 cm³/mol. The SMILES string of the molecule is CC(=O)N(CCC(=O)NC1CC1)c1cccc(C)c1C. The number of amides is 2. The minimum Gasteiger partial charge on any atom is -0.353 e. The Morgan fingerprint density at radius 1 is 1.30 bits per heavy atom. The molecule has 1 aliphatic carbocycles. The second kappa shape index (κ2) is 6.07. The van der Waals surface area contributed by atoms with E-state index in [0.29, 0.717) is 19.0 Å². The van der Waals surface area contributed by atoms with E-state index in [1.54, 1.807) is 11.8 Å². The van der Waals surface area contributed by atoms with Gasteiger partial charge in [-0.3, -0.25) is 9.59 Å². The predicted octanol–water partition coefficient (Wildman–Crippen LogP) is 2.33. The van der Waals surface area contributed by atoms with Crippen molar-refractivity contribution in [3.63, 3.8) is 0 Å². The number of rotatable bonds is 5. The topological polar surface area (TPSA) is 49.4 Å². The van der Waals surface area contributed by atoms with Gasteiger partial charge in [0, 0.05) is 31.6 Å². The molecule has 0 saturated heterocycles. The first-order valence-corrected chi connectivity index (χ1v) is 7.12. The lowest BCUT2D eigenvalue weighted by atomic mass is 10.1. The van der Waals surface area contributed by atoms with E-state index in [2.05, 4.69) is 5.32 Å². The second-order valence-electron chi connectivity index (χ2n) is 5.48. The standard InChI is InChI=1S/C16H22N2O2/c1-11-5-4-6-15(12(11)2)18(13(3)19)10-9-16(20)17-14-7-8-14/h4-6,14H,7-10H2,1-3H3,(H,17,20). The van der Waals surface area contributed by atoms with Crippen LogP contribution in [0.5, 0.6) is 0 Å². The number of nitrogens with one attached hydrogen (secondary N) is 1. The Hall–Kier alpha value is -1.84. The Labute approximate surface area is 120 Å². The maximum atomic E-state index is 11.8. The number of carbonyl (C=O) groups is 2. The minimum atomic E-state index is -0.0297. The molecule has 108 valence electrons. The molecule has 1 saturated carbocycles. The van der Waals surface area contributed by atoms with E-state index in [-0.39, 0.29) is 11.8 Å². The van der Waals surface area contributed by atoms with Crippen LogP contribution in [0.3, 0.4) is 0 Å². The van der Waals surface area contributed by atoms with Gasteiger partial charge in [0.1, 0.15) is 0 Å². The van der Waals surface area contributed by atoms with E-state index in [1.807, 2.05) is 32.0 Å². The van der Waals surface area contributed by atoms with Crippen LogP contribution in [0.4, 0.5) is 5.69 Å². The molecule has 1 aromatic carbocycles. The van der Waals surface area contributed by atoms with Crippen molar-refractivity contribution in [2.75, 3.05) is 11.4 Å². The fourth-order valence-electron chi connectivity index (χ4n) is 2.22. The fourth-order valence-corrected chi connectivity index (χ4v) is 2.22. The highest BCUT2D eigenvalue weighted by Gasteiger charge is 2.23. The van der Waals surface area contributed by atoms with E-state index < -0.39 is 0 Å². The zero-order valence-electron chi connectivity index (χ0n) is 12.4. The summed E-state index contributed by atoms with van der Waals surface area (Å²) in [4.78, 5) is 25.3. The molecule has 0 aromatic heterocycles. The number of hydrogen-bond donors (Lipinski definition) is 1. The molecule has 1 N–H and O–H groups in total. The molecule has 0 atom stereocenters. The van der Waals surface area contributed by atoms with Crippen molar-refractivity contribution >= 4 is 17.5 Å². The quantitative estimate of drug-likeness (QED) is 0.896. The van der Waals surface area contributed by atoms with Gasteiger partial charge in [-0.25, -0.2) is 0 Å². The molecule has 2 rings (SSSR count). The van der Waals surface area contributed by atoms with Gasteiger partial charge in [-0.2, -0.15) is 0 Å². The Kier molecular flexibility index (Phi) is 4.42. The maximum absolute atomic E-state index is 11.8. The summed E-state index contributed by atoms with van der Waals surface area (Å²) in [7, 11) is 0. The molecule has 1 aliphatic rings. The molecule has 4 heteroatoms. The average Bonchev–Trinajstić information content (AvgIpc) is 3.18. The van der Waals surface area contributed by atoms with Gasteiger partial charge >= 0.3 is 0 Å². The van der Waals surface area contributed by atoms with Gasteiger partial charge in [0.05, 0.1) is 0 Å². The zero-order valence-corrected chi connectivity index (χ0v) is 12.4. The van der Waals surface area contributed by atoms with E-state index in [9.17, 15) is 9.59 Å². The number of aryl methyl sites for hydroxylation is 1. The van der Waals surface area contributed by atoms with Crippen LogP contribution in [0.15, 0.2) is 18.2 Å². The molecule has 1 fully saturated rings. The van der Waals surface area contributed by atoms with Gasteiger partial charge in [-0.05, 0) is 43.9 Å². The molecule has 0 heterocycles. The molecule has 1 aromatic rings. The Balaban J connectivity index is 2.04. The third-order valence-electron chi connectivity index (χ3n) is 3.75. The first kappa shape index (κ1) is 14.6. The van der Waals surface area contributed by atoms with Crippen LogP contribution in [0.1, 0.15) is 37.3 Å². The van der Waals surface area contributed by atoms with Gasteiger partial charge in [-0.1, -0.05) is 12.1 Å². The summed E-state index contributed by atoms with van der Waals surface area (Å²) >= 11 is 0. The Bertz CT molecular complexity index is 521. The highest BCUT2D eigenvalue weighted by molar-refractivity contribution is 5.93. The number of carbonyl (C=O) groups excluding carboxylic acids is 2. The zero-order chi connectivity index (χ0) is 14.7. The summed E-state index contributed by atoms with van der Waals surface area (Å²) in [5.41, 5.74) is 3.14. The first-order chi connectivity index (χ1) is 9.49. The first-order valence-electron chi connectivity index (χ1n) is 7.12. The third-order valence-corrected chi connectivity index (χ3v) is 3.75. The van der Waals surface area contributed by atoms with Crippen molar-refractivity contribution < 1.29 is 9.59 Å². The van der Waals surface area contributed by atoms with Crippen LogP contribution < -0.4 is 10.2 Å². The smallest absolute Gasteiger partial charge is 0.223 e. The highest BCUT2D eigenvalue weighted by Crippen LogP contribution is 2.23. The van der Waals surface area contributed by atoms with Crippen LogP contribution in [0.25, 0.3) is 0 Å². The van der Waals surface area contributed by atoms with Gasteiger partial charge in [0.25, 0.3) is 0 Å². The van der Waals surface area contributed by atoms with Crippen LogP contribution in [0.2, 0.25) is 0 Å². The van der Waals surface area contributed by atoms with Crippen molar-refractivity contribution in [1.82, 2.24) is 5.32 Å². The lowest BCUT2D eigenvalue weighted by Gasteiger charge is -2.23. The van der Waals surface area contributed by atoms with E-state index in [0.717, 1.165) is 29.7 Å². The van der Waals surface area contributed by atoms with Gasteiger partial charge in [0.2, 0.25) is 11.8 Å². The van der Waals surface area contributed by atoms with Crippen molar-refractivity contribution in [2.24, 2.45) is 0 Å². The molecular formula is C16H22N2O2. The van der Waals surface area contributed by atoms with E-state index in [1.165, 1.54) is 0 Å². The number of benzene rings is 1. The summed E-state index contributed by atoms with van der Waals surface area (Å²) in [6, 6.07) is 6.27. The van der Waals surface area contributed by atoms with Crippen LogP contribution in [-0.4, -0.2) is 24.4 Å². The second-order valence-corrected chi connectivity index (χ2v) is 5.48. The minimum absolute atomic E-state index is 0.0297. The summed E-state index contributed by atoms with van der Waals surface area (Å²) in [6.45, 7) is 6.00. The molecule has 4 nitrogen and oxygen atoms in total. The summed E-state index contributed by atoms with van der Waals surface area (Å²) in [5.74, 6) is 0.00183. The van der Waals surface area contributed by atoms with Gasteiger partial charge in [0.15, 0.2) is 0 Å². The molecule has 0 aliphatic heterocycles. The van der Waals surface area contributed by atoms with Crippen LogP contribution in [0, 0.1) is 13.8 Å². The molecule has 0 unspecified atom stereocenters. The number of nitrogens with zero attached hydrogens (tertiary/aromatic N) is 1. The largest absolute Gasteiger partial charge is 0.353 e. The van der Waals surface area contributed by atoms with Gasteiger partial charge in [-0.15, -0.1) is 0 Å². The monoisotopic (exact) mass is 274 g/mol. The maximum Gasteiger partial charge on any atom is 0.223 e. The molecule has 0 spiro atoms. The number of hydrogen-bond acceptors (Lipinski definition) is 2. The van der Waals surface area contributed by atoms with E-state index in [4.69, 9.17) is 0 Å². The Morgan fingerprint density at radius 2 is 2.00 bits per heavy atom. The summed E-state index contributed by atoms with van der Waals surface area (Å²) < 4.78 is 0. The van der Waals surface area contributed by atoms with Crippen molar-refractivity contribution in [1.29, 1.82) is 0 Å². The molecule has 0 radical (unpaired) electrons. The normalized spacial score (nSPS) is 13.9. The average molecular weight is 274 g/mol. The van der Waals surface area contributed by atoms with Crippen molar-refractivity contribution in [3.05, 3.63) is 29.3 Å². The summed E-state index contributed by atoms with van der Waals surface area (Å²) in [5, 5.41) is 2.95. The Morgan fingerprint density at radius 3 is 2.60 bits per heavy atom. The van der Waals surface area contributed by atoms with Crippen molar-refractivity contribution in [3.8, 4) is 0 Å². The molecule has 2 amide bonds. The van der Waals surface area contributed by atoms with Crippen molar-refractivity contribution in [2.45, 2.75) is 46.1 Å². The lowest BCUT2D eigenvalue weighted by molar-refractivity contribution is -0.121. The van der Waals surface area contributed by atoms with E-state index >= 15 is 0 Å².